The maximum atomic E-state index is 13.4. The number of anilines is 3. The Morgan fingerprint density at radius 3 is 2.94 bits per heavy atom. The van der Waals surface area contributed by atoms with Crippen molar-refractivity contribution in [2.45, 2.75) is 50.9 Å². The predicted octanol–water partition coefficient (Wildman–Crippen LogP) is 1.74. The number of aliphatic hydroxyl groups excluding tert-OH is 1. The Morgan fingerprint density at radius 1 is 1.29 bits per heavy atom. The van der Waals surface area contributed by atoms with Crippen LogP contribution >= 0.6 is 0 Å². The molecule has 3 aliphatic rings. The number of fused-ring (bicyclic) bond motifs is 2. The molecule has 2 N–H and O–H groups in total. The Kier molecular flexibility index (Phi) is 5.94. The maximum absolute atomic E-state index is 13.4. The average Bonchev–Trinajstić information content (AvgIpc) is 3.51. The third kappa shape index (κ3) is 3.89. The number of likely N-dealkylation sites (tertiary alicyclic amines) is 1. The van der Waals surface area contributed by atoms with E-state index in [1.54, 1.807) is 35.2 Å². The highest BCUT2D eigenvalue weighted by Gasteiger charge is 2.47. The summed E-state index contributed by atoms with van der Waals surface area (Å²) < 4.78 is 1.62. The quantitative estimate of drug-likeness (QED) is 0.622. The van der Waals surface area contributed by atoms with Gasteiger partial charge in [-0.2, -0.15) is 10.1 Å². The number of hydrogen-bond donors (Lipinski definition) is 2. The molecule has 2 aromatic rings. The number of aliphatic hydroxyl groups is 1. The van der Waals surface area contributed by atoms with Crippen molar-refractivity contribution in [3.63, 3.8) is 0 Å². The zero-order valence-corrected chi connectivity index (χ0v) is 19.3. The number of piperidine rings is 1. The van der Waals surface area contributed by atoms with Crippen LogP contribution in [-0.2, 0) is 17.9 Å². The fourth-order valence-corrected chi connectivity index (χ4v) is 5.67. The van der Waals surface area contributed by atoms with Gasteiger partial charge < -0.3 is 20.2 Å². The molecule has 2 fully saturated rings. The summed E-state index contributed by atoms with van der Waals surface area (Å²) in [6.07, 6.45) is 10.4. The van der Waals surface area contributed by atoms with Crippen LogP contribution < -0.4 is 10.2 Å². The van der Waals surface area contributed by atoms with E-state index in [1.807, 2.05) is 9.80 Å². The van der Waals surface area contributed by atoms with Crippen LogP contribution in [0.3, 0.4) is 0 Å². The summed E-state index contributed by atoms with van der Waals surface area (Å²) in [5, 5.41) is 16.3. The normalized spacial score (nSPS) is 24.1. The second kappa shape index (κ2) is 9.05. The summed E-state index contributed by atoms with van der Waals surface area (Å²) in [5.41, 5.74) is 1.59. The first kappa shape index (κ1) is 22.3. The van der Waals surface area contributed by atoms with Gasteiger partial charge in [-0.1, -0.05) is 13.0 Å². The fraction of sp³-hybridized carbons (Fsp3) is 0.522. The number of aromatic nitrogens is 4. The van der Waals surface area contributed by atoms with Gasteiger partial charge in [0.15, 0.2) is 0 Å². The molecule has 5 rings (SSSR count). The molecule has 0 radical (unpaired) electrons. The topological polar surface area (TPSA) is 120 Å². The summed E-state index contributed by atoms with van der Waals surface area (Å²) in [4.78, 5) is 40.3. The minimum absolute atomic E-state index is 0.00502. The third-order valence-electron chi connectivity index (χ3n) is 7.20. The Hall–Kier alpha value is -3.47. The number of carbonyl (C=O) groups excluding carboxylic acids is 2. The molecule has 34 heavy (non-hydrogen) atoms. The number of carbonyl (C=O) groups is 2. The Bertz CT molecular complexity index is 1100. The molecule has 3 unspecified atom stereocenters. The van der Waals surface area contributed by atoms with Gasteiger partial charge in [-0.05, 0) is 31.3 Å². The Morgan fingerprint density at radius 2 is 2.15 bits per heavy atom. The lowest BCUT2D eigenvalue weighted by Gasteiger charge is -2.48. The van der Waals surface area contributed by atoms with E-state index < -0.39 is 0 Å². The van der Waals surface area contributed by atoms with Gasteiger partial charge in [-0.3, -0.25) is 14.4 Å². The monoisotopic (exact) mass is 466 g/mol. The van der Waals surface area contributed by atoms with Crippen LogP contribution in [0, 0.1) is 5.92 Å². The Balaban J connectivity index is 1.34. The SMILES string of the molecule is C=CC(=O)N1CCC(N2Cc3cnc(Nc4cnn(CCO)c4)nc3N(C)C2=O)C2CCCC21. The molecular formula is C23H30N8O3. The lowest BCUT2D eigenvalue weighted by molar-refractivity contribution is -0.131. The summed E-state index contributed by atoms with van der Waals surface area (Å²) >= 11 is 0. The van der Waals surface area contributed by atoms with E-state index in [1.165, 1.54) is 6.08 Å². The molecule has 0 spiro atoms. The summed E-state index contributed by atoms with van der Waals surface area (Å²) in [5.74, 6) is 1.22. The van der Waals surface area contributed by atoms with Crippen LogP contribution in [0.25, 0.3) is 0 Å². The molecule has 0 bridgehead atoms. The number of nitrogens with one attached hydrogen (secondary N) is 1. The molecule has 1 saturated heterocycles. The van der Waals surface area contributed by atoms with Gasteiger partial charge in [0, 0.05) is 43.6 Å². The molecular weight excluding hydrogens is 436 g/mol. The molecule has 1 aliphatic carbocycles. The number of urea groups is 1. The van der Waals surface area contributed by atoms with Crippen molar-refractivity contribution in [3.05, 3.63) is 36.8 Å². The predicted molar refractivity (Wildman–Crippen MR) is 125 cm³/mol. The van der Waals surface area contributed by atoms with Crippen molar-refractivity contribution in [1.29, 1.82) is 0 Å². The van der Waals surface area contributed by atoms with Crippen LogP contribution in [0.4, 0.5) is 22.2 Å². The number of amides is 3. The number of nitrogens with zero attached hydrogens (tertiary/aromatic N) is 7. The van der Waals surface area contributed by atoms with E-state index >= 15 is 0 Å². The van der Waals surface area contributed by atoms with Crippen LogP contribution in [0.15, 0.2) is 31.2 Å². The summed E-state index contributed by atoms with van der Waals surface area (Å²) in [6.45, 7) is 5.16. The van der Waals surface area contributed by atoms with E-state index in [9.17, 15) is 9.59 Å². The maximum Gasteiger partial charge on any atom is 0.325 e. The molecule has 1 saturated carbocycles. The molecule has 11 heteroatoms. The van der Waals surface area contributed by atoms with Gasteiger partial charge in [-0.15, -0.1) is 0 Å². The van der Waals surface area contributed by atoms with Crippen LogP contribution in [0.2, 0.25) is 0 Å². The van der Waals surface area contributed by atoms with Crippen molar-refractivity contribution in [1.82, 2.24) is 29.5 Å². The van der Waals surface area contributed by atoms with Gasteiger partial charge in [0.2, 0.25) is 11.9 Å². The minimum atomic E-state index is -0.0768. The smallest absolute Gasteiger partial charge is 0.325 e. The zero-order chi connectivity index (χ0) is 23.8. The second-order valence-corrected chi connectivity index (χ2v) is 9.11. The summed E-state index contributed by atoms with van der Waals surface area (Å²) in [6, 6.07) is 0.171. The standard InChI is InChI=1S/C23H30N8O3/c1-3-20(33)30-8-7-19(17-5-4-6-18(17)30)31-13-15-11-24-22(27-21(15)28(2)23(31)34)26-16-12-25-29(14-16)9-10-32/h3,11-12,14,17-19,32H,1,4-10,13H2,2H3,(H,24,26,27). The number of hydrogen-bond acceptors (Lipinski definition) is 7. The summed E-state index contributed by atoms with van der Waals surface area (Å²) in [7, 11) is 1.74. The fourth-order valence-electron chi connectivity index (χ4n) is 5.67. The third-order valence-corrected chi connectivity index (χ3v) is 7.20. The van der Waals surface area contributed by atoms with Crippen LogP contribution in [0.1, 0.15) is 31.2 Å². The van der Waals surface area contributed by atoms with Crippen molar-refractivity contribution >= 4 is 29.4 Å². The zero-order valence-electron chi connectivity index (χ0n) is 19.3. The van der Waals surface area contributed by atoms with Crippen LogP contribution in [-0.4, -0.2) is 78.9 Å². The largest absolute Gasteiger partial charge is 0.394 e. The molecule has 2 aromatic heterocycles. The van der Waals surface area contributed by atoms with Gasteiger partial charge in [0.25, 0.3) is 0 Å². The Labute approximate surface area is 198 Å². The van der Waals surface area contributed by atoms with Crippen molar-refractivity contribution < 1.29 is 14.7 Å². The molecule has 3 atom stereocenters. The highest BCUT2D eigenvalue weighted by molar-refractivity contribution is 5.93. The highest BCUT2D eigenvalue weighted by Crippen LogP contribution is 2.41. The average molecular weight is 467 g/mol. The first-order chi connectivity index (χ1) is 16.5. The van der Waals surface area contributed by atoms with E-state index in [-0.39, 0.29) is 36.5 Å². The molecule has 3 amide bonds. The van der Waals surface area contributed by atoms with Gasteiger partial charge >= 0.3 is 6.03 Å². The molecule has 2 aliphatic heterocycles. The van der Waals surface area contributed by atoms with E-state index in [4.69, 9.17) is 5.11 Å². The van der Waals surface area contributed by atoms with Gasteiger partial charge in [-0.25, -0.2) is 9.78 Å². The lowest BCUT2D eigenvalue weighted by atomic mass is 9.85. The van der Waals surface area contributed by atoms with Gasteiger partial charge in [0.05, 0.1) is 31.6 Å². The molecule has 4 heterocycles. The first-order valence-electron chi connectivity index (χ1n) is 11.7. The lowest BCUT2D eigenvalue weighted by Crippen LogP contribution is -2.59. The molecule has 0 aromatic carbocycles. The van der Waals surface area contributed by atoms with Crippen molar-refractivity contribution in [2.75, 3.05) is 30.4 Å². The first-order valence-corrected chi connectivity index (χ1v) is 11.7. The van der Waals surface area contributed by atoms with Crippen molar-refractivity contribution in [3.8, 4) is 0 Å². The van der Waals surface area contributed by atoms with Crippen LogP contribution in [0.5, 0.6) is 0 Å². The minimum Gasteiger partial charge on any atom is -0.394 e. The molecule has 11 nitrogen and oxygen atoms in total. The van der Waals surface area contributed by atoms with E-state index in [0.29, 0.717) is 37.1 Å². The molecule has 180 valence electrons. The number of rotatable bonds is 6. The van der Waals surface area contributed by atoms with Crippen molar-refractivity contribution in [2.24, 2.45) is 5.92 Å². The van der Waals surface area contributed by atoms with E-state index in [0.717, 1.165) is 31.2 Å². The van der Waals surface area contributed by atoms with Gasteiger partial charge in [0.1, 0.15) is 5.82 Å². The van der Waals surface area contributed by atoms with E-state index in [2.05, 4.69) is 27.0 Å². The second-order valence-electron chi connectivity index (χ2n) is 9.11. The highest BCUT2D eigenvalue weighted by atomic mass is 16.3.